The number of amides is 1. The maximum Gasteiger partial charge on any atom is 0.410 e. The van der Waals surface area contributed by atoms with E-state index in [9.17, 15) is 4.79 Å². The molecule has 0 N–H and O–H groups in total. The second-order valence-corrected chi connectivity index (χ2v) is 10.6. The topological polar surface area (TPSA) is 96.2 Å². The van der Waals surface area contributed by atoms with Crippen LogP contribution in [0.4, 0.5) is 4.79 Å². The smallest absolute Gasteiger partial charge is 0.410 e. The number of nitrogens with zero attached hydrogens (tertiary/aromatic N) is 3. The van der Waals surface area contributed by atoms with Crippen LogP contribution in [0.5, 0.6) is 11.5 Å². The van der Waals surface area contributed by atoms with Gasteiger partial charge in [-0.25, -0.2) is 9.78 Å². The number of hydrogen-bond acceptors (Lipinski definition) is 8. The van der Waals surface area contributed by atoms with Gasteiger partial charge < -0.3 is 28.3 Å². The molecule has 4 rings (SSSR count). The number of likely N-dealkylation sites (tertiary alicyclic amines) is 1. The highest BCUT2D eigenvalue weighted by Crippen LogP contribution is 2.26. The summed E-state index contributed by atoms with van der Waals surface area (Å²) in [5, 5.41) is 0. The summed E-state index contributed by atoms with van der Waals surface area (Å²) in [6, 6.07) is 9.34. The Morgan fingerprint density at radius 3 is 2.52 bits per heavy atom. The molecule has 2 aromatic heterocycles. The fourth-order valence-corrected chi connectivity index (χ4v) is 4.24. The van der Waals surface area contributed by atoms with Crippen molar-refractivity contribution in [1.29, 1.82) is 0 Å². The third-order valence-corrected chi connectivity index (χ3v) is 6.25. The molecule has 0 saturated carbocycles. The Bertz CT molecular complexity index is 1320. The summed E-state index contributed by atoms with van der Waals surface area (Å²) < 4.78 is 29.0. The molecule has 1 amide bonds. The van der Waals surface area contributed by atoms with Crippen LogP contribution in [0.15, 0.2) is 59.2 Å². The highest BCUT2D eigenvalue weighted by molar-refractivity contribution is 5.79. The van der Waals surface area contributed by atoms with Gasteiger partial charge in [0.15, 0.2) is 5.58 Å². The van der Waals surface area contributed by atoms with E-state index < -0.39 is 5.60 Å². The highest BCUT2D eigenvalue weighted by atomic mass is 16.6. The van der Waals surface area contributed by atoms with Gasteiger partial charge in [-0.3, -0.25) is 4.98 Å². The van der Waals surface area contributed by atoms with Gasteiger partial charge in [0.25, 0.3) is 0 Å². The van der Waals surface area contributed by atoms with E-state index in [1.54, 1.807) is 11.1 Å². The third kappa shape index (κ3) is 8.32. The number of fused-ring (bicyclic) bond motifs is 1. The average Bonchev–Trinajstić information content (AvgIpc) is 3.36. The van der Waals surface area contributed by atoms with Crippen molar-refractivity contribution in [3.05, 3.63) is 66.3 Å². The Labute approximate surface area is 235 Å². The van der Waals surface area contributed by atoms with Crippen molar-refractivity contribution in [3.8, 4) is 11.5 Å². The van der Waals surface area contributed by atoms with E-state index in [0.717, 1.165) is 29.6 Å². The van der Waals surface area contributed by atoms with Crippen LogP contribution in [0.25, 0.3) is 16.7 Å². The van der Waals surface area contributed by atoms with Crippen LogP contribution in [0.3, 0.4) is 0 Å². The molecule has 214 valence electrons. The molecule has 0 spiro atoms. The minimum Gasteiger partial charge on any atom is -0.490 e. The predicted octanol–water partition coefficient (Wildman–Crippen LogP) is 6.58. The summed E-state index contributed by atoms with van der Waals surface area (Å²) >= 11 is 0. The Morgan fingerprint density at radius 2 is 1.85 bits per heavy atom. The molecular weight excluding hydrogens is 510 g/mol. The van der Waals surface area contributed by atoms with Gasteiger partial charge in [0, 0.05) is 24.7 Å². The first-order valence-corrected chi connectivity index (χ1v) is 13.7. The van der Waals surface area contributed by atoms with Crippen molar-refractivity contribution in [2.24, 2.45) is 0 Å². The number of ether oxygens (including phenoxy) is 4. The lowest BCUT2D eigenvalue weighted by Gasteiger charge is -2.33. The fraction of sp³-hybridized carbons (Fsp3) is 0.452. The number of rotatable bonds is 10. The zero-order valence-corrected chi connectivity index (χ0v) is 24.0. The standard InChI is InChI=1S/C31H39N3O6/c1-6-8-22(7-2)29-33-27-19-25(11-12-28(27)39-29)38-21-23-9-10-26(20-32-23)37-18-17-36-24-13-15-34(16-14-24)30(35)40-31(3,4)5/h6-12,19-20,24H,13-18,21H2,1-5H3/b8-6-,22-7+. The maximum atomic E-state index is 12.2. The van der Waals surface area contributed by atoms with Crippen LogP contribution in [0.1, 0.15) is 59.0 Å². The summed E-state index contributed by atoms with van der Waals surface area (Å²) in [6.07, 6.45) is 8.99. The van der Waals surface area contributed by atoms with Gasteiger partial charge in [0.1, 0.15) is 35.8 Å². The quantitative estimate of drug-likeness (QED) is 0.207. The zero-order chi connectivity index (χ0) is 28.5. The summed E-state index contributed by atoms with van der Waals surface area (Å²) in [5.74, 6) is 1.94. The summed E-state index contributed by atoms with van der Waals surface area (Å²) in [7, 11) is 0. The Kier molecular flexibility index (Phi) is 9.82. The fourth-order valence-electron chi connectivity index (χ4n) is 4.24. The number of carbonyl (C=O) groups excluding carboxylic acids is 1. The molecule has 1 fully saturated rings. The number of aromatic nitrogens is 2. The van der Waals surface area contributed by atoms with Crippen molar-refractivity contribution in [2.45, 2.75) is 65.8 Å². The predicted molar refractivity (Wildman–Crippen MR) is 153 cm³/mol. The molecule has 3 aromatic rings. The molecule has 1 saturated heterocycles. The molecule has 1 aromatic carbocycles. The van der Waals surface area contributed by atoms with Crippen LogP contribution < -0.4 is 9.47 Å². The second kappa shape index (κ2) is 13.5. The molecule has 1 aliphatic heterocycles. The van der Waals surface area contributed by atoms with E-state index in [4.69, 9.17) is 23.4 Å². The van der Waals surface area contributed by atoms with E-state index in [1.807, 2.05) is 83.2 Å². The van der Waals surface area contributed by atoms with Crippen LogP contribution in [0, 0.1) is 0 Å². The summed E-state index contributed by atoms with van der Waals surface area (Å²) in [4.78, 5) is 23.0. The zero-order valence-electron chi connectivity index (χ0n) is 24.0. The lowest BCUT2D eigenvalue weighted by atomic mass is 10.1. The Morgan fingerprint density at radius 1 is 1.07 bits per heavy atom. The van der Waals surface area contributed by atoms with Crippen LogP contribution in [0.2, 0.25) is 0 Å². The number of carbonyl (C=O) groups is 1. The number of oxazole rings is 1. The van der Waals surface area contributed by atoms with Gasteiger partial charge in [-0.1, -0.05) is 18.2 Å². The minimum absolute atomic E-state index is 0.112. The van der Waals surface area contributed by atoms with Crippen LogP contribution >= 0.6 is 0 Å². The number of piperidine rings is 1. The van der Waals surface area contributed by atoms with Gasteiger partial charge in [-0.15, -0.1) is 0 Å². The molecule has 0 unspecified atom stereocenters. The largest absolute Gasteiger partial charge is 0.490 e. The van der Waals surface area contributed by atoms with Crippen molar-refractivity contribution in [2.75, 3.05) is 26.3 Å². The van der Waals surface area contributed by atoms with E-state index in [0.29, 0.717) is 55.9 Å². The molecule has 40 heavy (non-hydrogen) atoms. The lowest BCUT2D eigenvalue weighted by Crippen LogP contribution is -2.43. The molecule has 1 aliphatic rings. The highest BCUT2D eigenvalue weighted by Gasteiger charge is 2.27. The van der Waals surface area contributed by atoms with Crippen molar-refractivity contribution in [1.82, 2.24) is 14.9 Å². The number of allylic oxidation sites excluding steroid dienone is 4. The van der Waals surface area contributed by atoms with Gasteiger partial charge in [0.2, 0.25) is 5.89 Å². The average molecular weight is 550 g/mol. The van der Waals surface area contributed by atoms with Crippen molar-refractivity contribution < 1.29 is 28.2 Å². The minimum atomic E-state index is -0.483. The van der Waals surface area contributed by atoms with Crippen molar-refractivity contribution in [3.63, 3.8) is 0 Å². The Hall–Kier alpha value is -3.85. The van der Waals surface area contributed by atoms with E-state index in [2.05, 4.69) is 9.97 Å². The first-order valence-electron chi connectivity index (χ1n) is 13.7. The second-order valence-electron chi connectivity index (χ2n) is 10.6. The van der Waals surface area contributed by atoms with E-state index in [-0.39, 0.29) is 12.2 Å². The normalized spacial score (nSPS) is 15.1. The number of hydrogen-bond donors (Lipinski definition) is 0. The van der Waals surface area contributed by atoms with Crippen LogP contribution in [-0.2, 0) is 16.1 Å². The molecule has 9 nitrogen and oxygen atoms in total. The molecule has 0 radical (unpaired) electrons. The lowest BCUT2D eigenvalue weighted by molar-refractivity contribution is -0.0177. The molecular formula is C31H39N3O6. The van der Waals surface area contributed by atoms with E-state index >= 15 is 0 Å². The molecule has 0 bridgehead atoms. The van der Waals surface area contributed by atoms with Gasteiger partial charge in [0.05, 0.1) is 24.6 Å². The first-order chi connectivity index (χ1) is 19.2. The monoisotopic (exact) mass is 549 g/mol. The van der Waals surface area contributed by atoms with Gasteiger partial charge >= 0.3 is 6.09 Å². The number of benzene rings is 1. The van der Waals surface area contributed by atoms with Crippen LogP contribution in [-0.4, -0.2) is 59.0 Å². The third-order valence-electron chi connectivity index (χ3n) is 6.25. The molecule has 3 heterocycles. The van der Waals surface area contributed by atoms with Crippen molar-refractivity contribution >= 4 is 22.8 Å². The van der Waals surface area contributed by atoms with Gasteiger partial charge in [-0.2, -0.15) is 0 Å². The maximum absolute atomic E-state index is 12.2. The molecule has 0 aliphatic carbocycles. The first kappa shape index (κ1) is 29.1. The van der Waals surface area contributed by atoms with Gasteiger partial charge in [-0.05, 0) is 71.7 Å². The number of pyridine rings is 1. The SMILES string of the molecule is C/C=C\C(=C/C)c1nc2cc(OCc3ccc(OCCOC4CCN(C(=O)OC(C)(C)C)CC4)cn3)ccc2o1. The molecule has 0 atom stereocenters. The summed E-state index contributed by atoms with van der Waals surface area (Å²) in [6.45, 7) is 12.0. The Balaban J connectivity index is 1.17. The van der Waals surface area contributed by atoms with E-state index in [1.165, 1.54) is 0 Å². The molecule has 9 heteroatoms. The summed E-state index contributed by atoms with van der Waals surface area (Å²) in [5.41, 5.74) is 2.68.